The fourth-order valence-electron chi connectivity index (χ4n) is 2.95. The van der Waals surface area contributed by atoms with E-state index in [4.69, 9.17) is 4.42 Å². The highest BCUT2D eigenvalue weighted by Crippen LogP contribution is 2.32. The summed E-state index contributed by atoms with van der Waals surface area (Å²) in [6.07, 6.45) is 2.38. The Morgan fingerprint density at radius 2 is 1.81 bits per heavy atom. The Morgan fingerprint density at radius 3 is 2.57 bits per heavy atom. The van der Waals surface area contributed by atoms with Crippen LogP contribution in [0.4, 0.5) is 0 Å². The number of hydrogen-bond acceptors (Lipinski definition) is 2. The lowest BCUT2D eigenvalue weighted by Gasteiger charge is -2.20. The van der Waals surface area contributed by atoms with Gasteiger partial charge in [-0.1, -0.05) is 44.5 Å². The molecular formula is C19H23NO. The molecule has 0 bridgehead atoms. The van der Waals surface area contributed by atoms with E-state index in [1.807, 2.05) is 19.2 Å². The molecule has 110 valence electrons. The van der Waals surface area contributed by atoms with Gasteiger partial charge in [-0.25, -0.2) is 0 Å². The SMILES string of the molecule is CCC(C)CC(NC)c1ccc2oc3ccccc3c2c1. The minimum atomic E-state index is 0.401. The molecule has 2 atom stereocenters. The summed E-state index contributed by atoms with van der Waals surface area (Å²) in [7, 11) is 2.05. The number of para-hydroxylation sites is 1. The van der Waals surface area contributed by atoms with E-state index in [1.54, 1.807) is 0 Å². The van der Waals surface area contributed by atoms with E-state index in [9.17, 15) is 0 Å². The normalized spacial score (nSPS) is 14.6. The van der Waals surface area contributed by atoms with Gasteiger partial charge in [0, 0.05) is 16.8 Å². The summed E-state index contributed by atoms with van der Waals surface area (Å²) in [6.45, 7) is 4.57. The molecular weight excluding hydrogens is 258 g/mol. The van der Waals surface area contributed by atoms with E-state index < -0.39 is 0 Å². The first kappa shape index (κ1) is 14.2. The molecule has 1 N–H and O–H groups in total. The fourth-order valence-corrected chi connectivity index (χ4v) is 2.95. The van der Waals surface area contributed by atoms with Gasteiger partial charge in [-0.15, -0.1) is 0 Å². The minimum absolute atomic E-state index is 0.401. The molecule has 3 aromatic rings. The predicted molar refractivity (Wildman–Crippen MR) is 89.6 cm³/mol. The van der Waals surface area contributed by atoms with Crippen LogP contribution >= 0.6 is 0 Å². The Morgan fingerprint density at radius 1 is 1.05 bits per heavy atom. The second-order valence-electron chi connectivity index (χ2n) is 5.94. The van der Waals surface area contributed by atoms with Crippen LogP contribution in [0.1, 0.15) is 38.3 Å². The monoisotopic (exact) mass is 281 g/mol. The van der Waals surface area contributed by atoms with Gasteiger partial charge >= 0.3 is 0 Å². The van der Waals surface area contributed by atoms with Gasteiger partial charge in [0.2, 0.25) is 0 Å². The first-order valence-corrected chi connectivity index (χ1v) is 7.81. The Balaban J connectivity index is 2.04. The summed E-state index contributed by atoms with van der Waals surface area (Å²) in [5.41, 5.74) is 3.28. The molecule has 1 aromatic heterocycles. The van der Waals surface area contributed by atoms with Gasteiger partial charge in [0.15, 0.2) is 0 Å². The third kappa shape index (κ3) is 2.68. The van der Waals surface area contributed by atoms with Crippen molar-refractivity contribution in [2.75, 3.05) is 7.05 Å². The van der Waals surface area contributed by atoms with E-state index >= 15 is 0 Å². The fraction of sp³-hybridized carbons (Fsp3) is 0.368. The molecule has 0 aliphatic carbocycles. The van der Waals surface area contributed by atoms with Crippen LogP contribution in [0.2, 0.25) is 0 Å². The maximum Gasteiger partial charge on any atom is 0.135 e. The van der Waals surface area contributed by atoms with Gasteiger partial charge in [-0.3, -0.25) is 0 Å². The molecule has 0 aliphatic rings. The van der Waals surface area contributed by atoms with E-state index in [0.29, 0.717) is 6.04 Å². The second-order valence-corrected chi connectivity index (χ2v) is 5.94. The van der Waals surface area contributed by atoms with Crippen LogP contribution in [0.5, 0.6) is 0 Å². The topological polar surface area (TPSA) is 25.2 Å². The van der Waals surface area contributed by atoms with Crippen molar-refractivity contribution in [1.29, 1.82) is 0 Å². The quantitative estimate of drug-likeness (QED) is 0.688. The van der Waals surface area contributed by atoms with Crippen molar-refractivity contribution in [3.63, 3.8) is 0 Å². The molecule has 0 amide bonds. The minimum Gasteiger partial charge on any atom is -0.456 e. The van der Waals surface area contributed by atoms with Crippen LogP contribution < -0.4 is 5.32 Å². The molecule has 0 fully saturated rings. The largest absolute Gasteiger partial charge is 0.456 e. The third-order valence-electron chi connectivity index (χ3n) is 4.49. The van der Waals surface area contributed by atoms with Crippen LogP contribution in [-0.2, 0) is 0 Å². The molecule has 2 heteroatoms. The summed E-state index contributed by atoms with van der Waals surface area (Å²) >= 11 is 0. The van der Waals surface area contributed by atoms with E-state index in [2.05, 4.69) is 49.5 Å². The summed E-state index contributed by atoms with van der Waals surface area (Å²) in [5, 5.41) is 5.87. The average Bonchev–Trinajstić information content (AvgIpc) is 2.90. The lowest BCUT2D eigenvalue weighted by molar-refractivity contribution is 0.422. The molecule has 2 unspecified atom stereocenters. The lowest BCUT2D eigenvalue weighted by Crippen LogP contribution is -2.18. The zero-order valence-electron chi connectivity index (χ0n) is 13.0. The highest BCUT2D eigenvalue weighted by molar-refractivity contribution is 6.05. The van der Waals surface area contributed by atoms with Crippen LogP contribution in [0.25, 0.3) is 21.9 Å². The molecule has 0 saturated carbocycles. The van der Waals surface area contributed by atoms with Gasteiger partial charge in [0.1, 0.15) is 11.2 Å². The number of furan rings is 1. The van der Waals surface area contributed by atoms with Crippen molar-refractivity contribution in [1.82, 2.24) is 5.32 Å². The summed E-state index contributed by atoms with van der Waals surface area (Å²) < 4.78 is 5.90. The number of benzene rings is 2. The van der Waals surface area contributed by atoms with Crippen molar-refractivity contribution >= 4 is 21.9 Å². The van der Waals surface area contributed by atoms with Gasteiger partial charge in [-0.05, 0) is 43.1 Å². The number of hydrogen-bond donors (Lipinski definition) is 1. The summed E-state index contributed by atoms with van der Waals surface area (Å²) in [6, 6.07) is 15.2. The lowest BCUT2D eigenvalue weighted by atomic mass is 9.93. The molecule has 2 aromatic carbocycles. The molecule has 2 nitrogen and oxygen atoms in total. The summed E-state index contributed by atoms with van der Waals surface area (Å²) in [4.78, 5) is 0. The molecule has 0 spiro atoms. The molecule has 3 rings (SSSR count). The smallest absolute Gasteiger partial charge is 0.135 e. The molecule has 1 heterocycles. The molecule has 0 radical (unpaired) electrons. The number of rotatable bonds is 5. The second kappa shape index (κ2) is 5.90. The van der Waals surface area contributed by atoms with Gasteiger partial charge < -0.3 is 9.73 Å². The van der Waals surface area contributed by atoms with Crippen LogP contribution in [0.15, 0.2) is 46.9 Å². The van der Waals surface area contributed by atoms with Crippen LogP contribution in [-0.4, -0.2) is 7.05 Å². The number of nitrogens with one attached hydrogen (secondary N) is 1. The van der Waals surface area contributed by atoms with Crippen molar-refractivity contribution in [3.05, 3.63) is 48.0 Å². The molecule has 21 heavy (non-hydrogen) atoms. The van der Waals surface area contributed by atoms with Crippen LogP contribution in [0, 0.1) is 5.92 Å². The third-order valence-corrected chi connectivity index (χ3v) is 4.49. The van der Waals surface area contributed by atoms with E-state index in [1.165, 1.54) is 22.8 Å². The zero-order chi connectivity index (χ0) is 14.8. The Hall–Kier alpha value is -1.80. The Kier molecular flexibility index (Phi) is 3.98. The van der Waals surface area contributed by atoms with Crippen molar-refractivity contribution < 1.29 is 4.42 Å². The summed E-state index contributed by atoms with van der Waals surface area (Å²) in [5.74, 6) is 0.722. The van der Waals surface area contributed by atoms with Crippen molar-refractivity contribution in [2.45, 2.75) is 32.7 Å². The molecule has 0 aliphatic heterocycles. The van der Waals surface area contributed by atoms with Crippen molar-refractivity contribution in [3.8, 4) is 0 Å². The highest BCUT2D eigenvalue weighted by Gasteiger charge is 2.15. The predicted octanol–water partition coefficient (Wildman–Crippen LogP) is 5.28. The zero-order valence-corrected chi connectivity index (χ0v) is 13.0. The van der Waals surface area contributed by atoms with Crippen LogP contribution in [0.3, 0.4) is 0 Å². The maximum atomic E-state index is 5.90. The van der Waals surface area contributed by atoms with Gasteiger partial charge in [0.25, 0.3) is 0 Å². The first-order valence-electron chi connectivity index (χ1n) is 7.81. The Labute approximate surface area is 126 Å². The average molecular weight is 281 g/mol. The first-order chi connectivity index (χ1) is 10.2. The standard InChI is InChI=1S/C19H23NO/c1-4-13(2)11-17(20-3)14-9-10-19-16(12-14)15-7-5-6-8-18(15)21-19/h5-10,12-13,17,20H,4,11H2,1-3H3. The van der Waals surface area contributed by atoms with Gasteiger partial charge in [-0.2, -0.15) is 0 Å². The number of fused-ring (bicyclic) bond motifs is 3. The van der Waals surface area contributed by atoms with E-state index in [-0.39, 0.29) is 0 Å². The van der Waals surface area contributed by atoms with Gasteiger partial charge in [0.05, 0.1) is 0 Å². The maximum absolute atomic E-state index is 5.90. The Bertz CT molecular complexity index is 743. The highest BCUT2D eigenvalue weighted by atomic mass is 16.3. The van der Waals surface area contributed by atoms with Crippen molar-refractivity contribution in [2.24, 2.45) is 5.92 Å². The molecule has 0 saturated heterocycles. The van der Waals surface area contributed by atoms with E-state index in [0.717, 1.165) is 23.5 Å².